The van der Waals surface area contributed by atoms with Gasteiger partial charge >= 0.3 is 5.97 Å². The highest BCUT2D eigenvalue weighted by Gasteiger charge is 2.34. The number of benzene rings is 1. The first-order valence-electron chi connectivity index (χ1n) is 6.76. The zero-order chi connectivity index (χ0) is 15.5. The van der Waals surface area contributed by atoms with E-state index in [0.29, 0.717) is 6.61 Å². The summed E-state index contributed by atoms with van der Waals surface area (Å²) < 4.78 is 5.12. The number of carboxylic acids is 1. The highest BCUT2D eigenvalue weighted by molar-refractivity contribution is 5.94. The molecule has 114 valence electrons. The maximum absolute atomic E-state index is 12.5. The van der Waals surface area contributed by atoms with Crippen molar-refractivity contribution in [1.29, 1.82) is 0 Å². The van der Waals surface area contributed by atoms with E-state index in [9.17, 15) is 14.7 Å². The molecule has 2 heterocycles. The highest BCUT2D eigenvalue weighted by Crippen LogP contribution is 2.12. The fourth-order valence-corrected chi connectivity index (χ4v) is 2.25. The van der Waals surface area contributed by atoms with Gasteiger partial charge in [0.1, 0.15) is 0 Å². The topological polar surface area (TPSA) is 97.5 Å². The number of amides is 1. The number of rotatable bonds is 3. The number of morpholine rings is 1. The monoisotopic (exact) mass is 302 g/mol. The summed E-state index contributed by atoms with van der Waals surface area (Å²) in [6.07, 6.45) is 1.34. The molecule has 0 aliphatic carbocycles. The van der Waals surface area contributed by atoms with Crippen molar-refractivity contribution in [3.05, 3.63) is 42.2 Å². The van der Waals surface area contributed by atoms with Gasteiger partial charge in [0.05, 0.1) is 25.1 Å². The first-order valence-corrected chi connectivity index (χ1v) is 6.76. The number of carbonyl (C=O) groups excluding carboxylic acids is 1. The molecule has 3 rings (SSSR count). The average molecular weight is 302 g/mol. The number of para-hydroxylation sites is 1. The van der Waals surface area contributed by atoms with Crippen molar-refractivity contribution in [2.24, 2.45) is 0 Å². The predicted molar refractivity (Wildman–Crippen MR) is 74.6 cm³/mol. The molecule has 2 aromatic rings. The Bertz CT molecular complexity index is 685. The molecular formula is C14H14N4O4. The van der Waals surface area contributed by atoms with Gasteiger partial charge in [-0.3, -0.25) is 4.79 Å². The van der Waals surface area contributed by atoms with E-state index in [-0.39, 0.29) is 18.8 Å². The predicted octanol–water partition coefficient (Wildman–Crippen LogP) is 0.193. The van der Waals surface area contributed by atoms with Gasteiger partial charge in [0.25, 0.3) is 5.91 Å². The normalized spacial score (nSPS) is 18.2. The van der Waals surface area contributed by atoms with E-state index in [1.807, 2.05) is 30.3 Å². The van der Waals surface area contributed by atoms with Crippen molar-refractivity contribution in [1.82, 2.24) is 19.9 Å². The van der Waals surface area contributed by atoms with E-state index < -0.39 is 17.9 Å². The van der Waals surface area contributed by atoms with Crippen molar-refractivity contribution in [2.75, 3.05) is 19.8 Å². The van der Waals surface area contributed by atoms with Crippen LogP contribution in [-0.4, -0.2) is 62.7 Å². The van der Waals surface area contributed by atoms with E-state index in [1.54, 1.807) is 0 Å². The van der Waals surface area contributed by atoms with Crippen LogP contribution in [0.2, 0.25) is 0 Å². The summed E-state index contributed by atoms with van der Waals surface area (Å²) in [4.78, 5) is 26.3. The third-order valence-corrected chi connectivity index (χ3v) is 3.37. The summed E-state index contributed by atoms with van der Waals surface area (Å²) in [5, 5.41) is 17.4. The van der Waals surface area contributed by atoms with E-state index >= 15 is 0 Å². The van der Waals surface area contributed by atoms with Crippen LogP contribution < -0.4 is 0 Å². The van der Waals surface area contributed by atoms with E-state index in [4.69, 9.17) is 4.74 Å². The Morgan fingerprint density at radius 1 is 1.27 bits per heavy atom. The molecule has 1 saturated heterocycles. The Balaban J connectivity index is 1.83. The van der Waals surface area contributed by atoms with Crippen LogP contribution in [0.5, 0.6) is 0 Å². The van der Waals surface area contributed by atoms with E-state index in [2.05, 4.69) is 10.2 Å². The fraction of sp³-hybridized carbons (Fsp3) is 0.286. The van der Waals surface area contributed by atoms with Gasteiger partial charge in [0, 0.05) is 6.54 Å². The molecule has 22 heavy (non-hydrogen) atoms. The SMILES string of the molecule is O=C(O)[C@@H]1COCCN1C(=O)c1cnn(-c2ccccc2)n1. The molecule has 1 fully saturated rings. The van der Waals surface area contributed by atoms with Gasteiger partial charge < -0.3 is 14.7 Å². The van der Waals surface area contributed by atoms with Crippen LogP contribution in [0, 0.1) is 0 Å². The average Bonchev–Trinajstić information content (AvgIpc) is 3.05. The zero-order valence-electron chi connectivity index (χ0n) is 11.6. The molecule has 0 radical (unpaired) electrons. The second-order valence-corrected chi connectivity index (χ2v) is 4.78. The van der Waals surface area contributed by atoms with Crippen LogP contribution in [0.4, 0.5) is 0 Å². The lowest BCUT2D eigenvalue weighted by Gasteiger charge is -2.32. The fourth-order valence-electron chi connectivity index (χ4n) is 2.25. The molecule has 1 aliphatic heterocycles. The molecule has 0 spiro atoms. The smallest absolute Gasteiger partial charge is 0.328 e. The number of hydrogen-bond acceptors (Lipinski definition) is 5. The van der Waals surface area contributed by atoms with Crippen molar-refractivity contribution >= 4 is 11.9 Å². The van der Waals surface area contributed by atoms with Crippen LogP contribution in [0.15, 0.2) is 36.5 Å². The second-order valence-electron chi connectivity index (χ2n) is 4.78. The van der Waals surface area contributed by atoms with Gasteiger partial charge in [-0.1, -0.05) is 18.2 Å². The van der Waals surface area contributed by atoms with Crippen LogP contribution in [0.25, 0.3) is 5.69 Å². The third kappa shape index (κ3) is 2.68. The van der Waals surface area contributed by atoms with Gasteiger partial charge in [-0.25, -0.2) is 4.79 Å². The summed E-state index contributed by atoms with van der Waals surface area (Å²) in [5.41, 5.74) is 0.829. The maximum atomic E-state index is 12.5. The van der Waals surface area contributed by atoms with E-state index in [0.717, 1.165) is 5.69 Å². The van der Waals surface area contributed by atoms with E-state index in [1.165, 1.54) is 15.9 Å². The molecule has 1 N–H and O–H groups in total. The summed E-state index contributed by atoms with van der Waals surface area (Å²) in [6.45, 7) is 0.504. The Labute approximate surface area is 125 Å². The van der Waals surface area contributed by atoms with Crippen LogP contribution in [0.1, 0.15) is 10.5 Å². The minimum Gasteiger partial charge on any atom is -0.480 e. The molecule has 8 heteroatoms. The lowest BCUT2D eigenvalue weighted by Crippen LogP contribution is -2.52. The molecule has 1 aromatic heterocycles. The second kappa shape index (κ2) is 5.94. The molecule has 1 aromatic carbocycles. The zero-order valence-corrected chi connectivity index (χ0v) is 11.6. The molecule has 0 unspecified atom stereocenters. The van der Waals surface area contributed by atoms with Crippen LogP contribution in [0.3, 0.4) is 0 Å². The maximum Gasteiger partial charge on any atom is 0.328 e. The molecular weight excluding hydrogens is 288 g/mol. The number of hydrogen-bond donors (Lipinski definition) is 1. The number of carboxylic acid groups (broad SMARTS) is 1. The van der Waals surface area contributed by atoms with Crippen molar-refractivity contribution in [2.45, 2.75) is 6.04 Å². The lowest BCUT2D eigenvalue weighted by atomic mass is 10.2. The molecule has 1 amide bonds. The van der Waals surface area contributed by atoms with Crippen LogP contribution >= 0.6 is 0 Å². The quantitative estimate of drug-likeness (QED) is 0.869. The summed E-state index contributed by atoms with van der Waals surface area (Å²) in [5.74, 6) is -1.55. The Morgan fingerprint density at radius 2 is 2.05 bits per heavy atom. The molecule has 1 atom stereocenters. The largest absolute Gasteiger partial charge is 0.480 e. The number of nitrogens with zero attached hydrogens (tertiary/aromatic N) is 4. The van der Waals surface area contributed by atoms with Gasteiger partial charge in [0.2, 0.25) is 0 Å². The van der Waals surface area contributed by atoms with Crippen LogP contribution in [-0.2, 0) is 9.53 Å². The highest BCUT2D eigenvalue weighted by atomic mass is 16.5. The Morgan fingerprint density at radius 3 is 2.77 bits per heavy atom. The Hall–Kier alpha value is -2.74. The molecule has 0 bridgehead atoms. The number of aliphatic carboxylic acids is 1. The minimum absolute atomic E-state index is 0.0199. The number of ether oxygens (including phenoxy) is 1. The van der Waals surface area contributed by atoms with Crippen molar-refractivity contribution in [3.63, 3.8) is 0 Å². The van der Waals surface area contributed by atoms with Gasteiger partial charge in [-0.2, -0.15) is 9.90 Å². The number of carbonyl (C=O) groups is 2. The first kappa shape index (κ1) is 14.2. The molecule has 1 aliphatic rings. The third-order valence-electron chi connectivity index (χ3n) is 3.37. The van der Waals surface area contributed by atoms with Gasteiger partial charge in [-0.05, 0) is 12.1 Å². The van der Waals surface area contributed by atoms with Crippen molar-refractivity contribution in [3.8, 4) is 5.69 Å². The summed E-state index contributed by atoms with van der Waals surface area (Å²) in [6, 6.07) is 8.16. The standard InChI is InChI=1S/C14H14N4O4/c19-13(17-6-7-22-9-12(17)14(20)21)11-8-15-18(16-11)10-4-2-1-3-5-10/h1-5,8,12H,6-7,9H2,(H,20,21)/t12-/m0/s1. The van der Waals surface area contributed by atoms with Gasteiger partial charge in [-0.15, -0.1) is 5.10 Å². The van der Waals surface area contributed by atoms with Crippen molar-refractivity contribution < 1.29 is 19.4 Å². The molecule has 0 saturated carbocycles. The number of aromatic nitrogens is 3. The lowest BCUT2D eigenvalue weighted by molar-refractivity contribution is -0.147. The van der Waals surface area contributed by atoms with Gasteiger partial charge in [0.15, 0.2) is 11.7 Å². The molecule has 8 nitrogen and oxygen atoms in total. The Kier molecular flexibility index (Phi) is 3.84. The first-order chi connectivity index (χ1) is 10.7. The minimum atomic E-state index is -1.09. The summed E-state index contributed by atoms with van der Waals surface area (Å²) >= 11 is 0. The summed E-state index contributed by atoms with van der Waals surface area (Å²) in [7, 11) is 0.